The van der Waals surface area contributed by atoms with Gasteiger partial charge >= 0.3 is 6.03 Å². The van der Waals surface area contributed by atoms with E-state index in [1.807, 2.05) is 0 Å². The number of amides is 2. The zero-order chi connectivity index (χ0) is 8.97. The van der Waals surface area contributed by atoms with Crippen molar-refractivity contribution in [2.75, 3.05) is 26.2 Å². The fraction of sp³-hybridized carbons (Fsp3) is 0.800. The third-order valence-corrected chi connectivity index (χ3v) is 2.00. The van der Waals surface area contributed by atoms with Gasteiger partial charge in [-0.3, -0.25) is 4.55 Å². The van der Waals surface area contributed by atoms with E-state index in [1.54, 1.807) is 4.90 Å². The standard InChI is InChI=1S/C5H11N3O3S/c9-5-6-1-3-8(5)4-2-7-12(10)11/h7H,1-4H2,(H,6,9)(H,10,11). The van der Waals surface area contributed by atoms with Crippen molar-refractivity contribution < 1.29 is 13.6 Å². The van der Waals surface area contributed by atoms with E-state index in [4.69, 9.17) is 4.55 Å². The van der Waals surface area contributed by atoms with Crippen LogP contribution >= 0.6 is 0 Å². The van der Waals surface area contributed by atoms with E-state index in [0.29, 0.717) is 26.2 Å². The highest BCUT2D eigenvalue weighted by atomic mass is 32.2. The molecule has 0 saturated carbocycles. The minimum absolute atomic E-state index is 0.111. The van der Waals surface area contributed by atoms with E-state index in [2.05, 4.69) is 10.0 Å². The Morgan fingerprint density at radius 2 is 2.50 bits per heavy atom. The van der Waals surface area contributed by atoms with Crippen LogP contribution in [0.3, 0.4) is 0 Å². The maximum atomic E-state index is 10.9. The van der Waals surface area contributed by atoms with E-state index in [1.165, 1.54) is 0 Å². The van der Waals surface area contributed by atoms with Gasteiger partial charge in [0.2, 0.25) is 11.3 Å². The molecule has 0 spiro atoms. The molecule has 70 valence electrons. The fourth-order valence-corrected chi connectivity index (χ4v) is 1.26. The highest BCUT2D eigenvalue weighted by Crippen LogP contribution is 1.94. The molecule has 1 heterocycles. The summed E-state index contributed by atoms with van der Waals surface area (Å²) in [6.07, 6.45) is 0. The molecule has 0 aromatic heterocycles. The molecular weight excluding hydrogens is 182 g/mol. The maximum Gasteiger partial charge on any atom is 0.317 e. The first kappa shape index (κ1) is 9.43. The molecule has 0 aromatic rings. The molecule has 1 unspecified atom stereocenters. The van der Waals surface area contributed by atoms with Gasteiger partial charge in [0.1, 0.15) is 0 Å². The van der Waals surface area contributed by atoms with Gasteiger partial charge in [0.05, 0.1) is 0 Å². The van der Waals surface area contributed by atoms with Crippen LogP contribution in [-0.2, 0) is 11.3 Å². The van der Waals surface area contributed by atoms with Crippen LogP contribution in [0.1, 0.15) is 0 Å². The van der Waals surface area contributed by atoms with Crippen LogP contribution in [0, 0.1) is 0 Å². The van der Waals surface area contributed by atoms with Crippen molar-refractivity contribution in [1.82, 2.24) is 14.9 Å². The molecule has 0 bridgehead atoms. The predicted octanol–water partition coefficient (Wildman–Crippen LogP) is -1.26. The SMILES string of the molecule is O=C1NCCN1CCNS(=O)O. The van der Waals surface area contributed by atoms with Gasteiger partial charge in [-0.1, -0.05) is 0 Å². The first-order valence-corrected chi connectivity index (χ1v) is 4.68. The Kier molecular flexibility index (Phi) is 3.45. The fourth-order valence-electron chi connectivity index (χ4n) is 0.992. The quantitative estimate of drug-likeness (QED) is 0.487. The molecule has 1 aliphatic rings. The third-order valence-electron chi connectivity index (χ3n) is 1.55. The van der Waals surface area contributed by atoms with Crippen molar-refractivity contribution in [2.45, 2.75) is 0 Å². The summed E-state index contributed by atoms with van der Waals surface area (Å²) < 4.78 is 20.8. The molecule has 1 aliphatic heterocycles. The third kappa shape index (κ3) is 2.76. The van der Waals surface area contributed by atoms with Crippen molar-refractivity contribution in [3.05, 3.63) is 0 Å². The van der Waals surface area contributed by atoms with Gasteiger partial charge in [-0.05, 0) is 0 Å². The van der Waals surface area contributed by atoms with E-state index in [0.717, 1.165) is 0 Å². The van der Waals surface area contributed by atoms with Crippen LogP contribution < -0.4 is 10.0 Å². The van der Waals surface area contributed by atoms with E-state index in [9.17, 15) is 9.00 Å². The van der Waals surface area contributed by atoms with Crippen LogP contribution in [0.2, 0.25) is 0 Å². The van der Waals surface area contributed by atoms with E-state index < -0.39 is 11.3 Å². The number of nitrogens with one attached hydrogen (secondary N) is 2. The number of hydrogen-bond donors (Lipinski definition) is 3. The molecule has 3 N–H and O–H groups in total. The summed E-state index contributed by atoms with van der Waals surface area (Å²) in [5.74, 6) is 0. The number of carbonyl (C=O) groups is 1. The minimum Gasteiger partial charge on any atom is -0.336 e. The molecule has 1 fully saturated rings. The molecule has 0 aliphatic carbocycles. The van der Waals surface area contributed by atoms with Gasteiger partial charge in [0.25, 0.3) is 0 Å². The average Bonchev–Trinajstić information content (AvgIpc) is 2.36. The Morgan fingerprint density at radius 3 is 3.00 bits per heavy atom. The first-order valence-electron chi connectivity index (χ1n) is 3.57. The van der Waals surface area contributed by atoms with Crippen molar-refractivity contribution in [3.63, 3.8) is 0 Å². The lowest BCUT2D eigenvalue weighted by Gasteiger charge is -2.12. The van der Waals surface area contributed by atoms with Crippen LogP contribution in [0.5, 0.6) is 0 Å². The second-order valence-electron chi connectivity index (χ2n) is 2.36. The highest BCUT2D eigenvalue weighted by molar-refractivity contribution is 7.77. The van der Waals surface area contributed by atoms with Gasteiger partial charge < -0.3 is 10.2 Å². The lowest BCUT2D eigenvalue weighted by atomic mass is 10.5. The number of carbonyl (C=O) groups excluding carboxylic acids is 1. The van der Waals surface area contributed by atoms with Crippen LogP contribution in [0.15, 0.2) is 0 Å². The zero-order valence-electron chi connectivity index (χ0n) is 6.45. The maximum absolute atomic E-state index is 10.9. The lowest BCUT2D eigenvalue weighted by Crippen LogP contribution is -2.35. The van der Waals surface area contributed by atoms with Crippen LogP contribution in [-0.4, -0.2) is 45.9 Å². The Bertz CT molecular complexity index is 198. The number of rotatable bonds is 4. The second-order valence-corrected chi connectivity index (χ2v) is 3.15. The number of urea groups is 1. The molecule has 0 aromatic carbocycles. The molecule has 1 rings (SSSR count). The van der Waals surface area contributed by atoms with Gasteiger partial charge in [-0.25, -0.2) is 13.7 Å². The summed E-state index contributed by atoms with van der Waals surface area (Å²) in [7, 11) is 0. The van der Waals surface area contributed by atoms with Crippen LogP contribution in [0.25, 0.3) is 0 Å². The summed E-state index contributed by atoms with van der Waals surface area (Å²) in [5.41, 5.74) is 0. The largest absolute Gasteiger partial charge is 0.336 e. The topological polar surface area (TPSA) is 81.7 Å². The van der Waals surface area contributed by atoms with Gasteiger partial charge in [-0.2, -0.15) is 0 Å². The normalized spacial score (nSPS) is 19.4. The molecular formula is C5H11N3O3S. The van der Waals surface area contributed by atoms with Gasteiger partial charge in [0, 0.05) is 26.2 Å². The summed E-state index contributed by atoms with van der Waals surface area (Å²) in [5, 5.41) is 2.63. The Hall–Kier alpha value is -0.660. The highest BCUT2D eigenvalue weighted by Gasteiger charge is 2.18. The van der Waals surface area contributed by atoms with E-state index in [-0.39, 0.29) is 6.03 Å². The van der Waals surface area contributed by atoms with Gasteiger partial charge in [0.15, 0.2) is 0 Å². The summed E-state index contributed by atoms with van der Waals surface area (Å²) in [4.78, 5) is 12.5. The summed E-state index contributed by atoms with van der Waals surface area (Å²) in [6.45, 7) is 2.11. The molecule has 1 saturated heterocycles. The number of nitrogens with zero attached hydrogens (tertiary/aromatic N) is 1. The molecule has 1 atom stereocenters. The smallest absolute Gasteiger partial charge is 0.317 e. The average molecular weight is 193 g/mol. The zero-order valence-corrected chi connectivity index (χ0v) is 7.26. The van der Waals surface area contributed by atoms with Crippen molar-refractivity contribution in [1.29, 1.82) is 0 Å². The number of hydrogen-bond acceptors (Lipinski definition) is 2. The van der Waals surface area contributed by atoms with Gasteiger partial charge in [-0.15, -0.1) is 0 Å². The predicted molar refractivity (Wildman–Crippen MR) is 43.7 cm³/mol. The van der Waals surface area contributed by atoms with Crippen molar-refractivity contribution in [3.8, 4) is 0 Å². The lowest BCUT2D eigenvalue weighted by molar-refractivity contribution is 0.218. The molecule has 0 radical (unpaired) electrons. The van der Waals surface area contributed by atoms with Crippen molar-refractivity contribution in [2.24, 2.45) is 0 Å². The molecule has 6 nitrogen and oxygen atoms in total. The Labute approximate surface area is 72.7 Å². The Morgan fingerprint density at radius 1 is 1.75 bits per heavy atom. The van der Waals surface area contributed by atoms with Crippen LogP contribution in [0.4, 0.5) is 4.79 Å². The van der Waals surface area contributed by atoms with E-state index >= 15 is 0 Å². The van der Waals surface area contributed by atoms with Crippen molar-refractivity contribution >= 4 is 17.3 Å². The summed E-state index contributed by atoms with van der Waals surface area (Å²) in [6, 6.07) is -0.111. The molecule has 7 heteroatoms. The molecule has 2 amide bonds. The summed E-state index contributed by atoms with van der Waals surface area (Å²) >= 11 is -1.99. The first-order chi connectivity index (χ1) is 5.70. The minimum atomic E-state index is -1.99. The molecule has 12 heavy (non-hydrogen) atoms. The Balaban J connectivity index is 2.14. The second kappa shape index (κ2) is 4.39. The monoisotopic (exact) mass is 193 g/mol.